The van der Waals surface area contributed by atoms with E-state index < -0.39 is 0 Å². The van der Waals surface area contributed by atoms with Gasteiger partial charge < -0.3 is 214 Å². The third-order valence-corrected chi connectivity index (χ3v) is 16.1. The fourth-order valence-electron chi connectivity index (χ4n) is 9.46. The van der Waals surface area contributed by atoms with E-state index in [2.05, 4.69) is 10.2 Å². The number of aliphatic hydroxyl groups is 2. The number of aliphatic hydroxyl groups excluding tert-OH is 2. The van der Waals surface area contributed by atoms with Crippen molar-refractivity contribution in [2.24, 2.45) is 0 Å². The zero-order chi connectivity index (χ0) is 96.0. The van der Waals surface area contributed by atoms with Gasteiger partial charge in [-0.15, -0.1) is 0 Å². The van der Waals surface area contributed by atoms with Crippen LogP contribution in [0.15, 0.2) is 0 Å². The number of hydrogen-bond acceptors (Lipinski definition) is 45. The van der Waals surface area contributed by atoms with Crippen LogP contribution in [-0.4, -0.2) is 594 Å². The van der Waals surface area contributed by atoms with Crippen LogP contribution in [0, 0.1) is 0 Å². The van der Waals surface area contributed by atoms with Crippen LogP contribution in [0.2, 0.25) is 0 Å². The molecule has 0 radical (unpaired) electrons. The van der Waals surface area contributed by atoms with E-state index in [1.807, 2.05) is 0 Å². The standard InChI is InChI=1S/C88H178O45/c89-1-3-91-5-7-93-9-11-95-13-15-97-17-19-99-21-23-101-25-27-103-29-31-105-33-35-107-37-39-109-41-43-111-45-47-113-49-51-115-53-55-117-57-59-119-61-63-121-65-67-123-69-71-125-73-75-127-77-79-129-81-83-131-85-87-133-88-86-132-84-82-130-80-78-128-76-74-126-72-70-124-68-66-122-64-62-120-60-58-118-56-54-116-52-50-114-48-46-112-44-42-110-40-38-108-36-34-106-32-30-104-28-26-102-24-22-100-20-18-98-16-14-96-12-10-94-8-6-92-4-2-90/h89-90H,1-88H2/i89T,90T. The van der Waals surface area contributed by atoms with Gasteiger partial charge in [-0.25, -0.2) is 0 Å². The van der Waals surface area contributed by atoms with Crippen LogP contribution in [0.3, 0.4) is 0 Å². The third kappa shape index (κ3) is 130. The molecule has 0 fully saturated rings. The fourth-order valence-corrected chi connectivity index (χ4v) is 9.46. The van der Waals surface area contributed by atoms with Crippen molar-refractivity contribution >= 4 is 0 Å². The predicted octanol–water partition coefficient (Wildman–Crippen LogP) is -0.315. The number of ether oxygens (including phenoxy) is 43. The highest BCUT2D eigenvalue weighted by atomic mass is 16.7. The minimum absolute atomic E-state index is 0.250. The predicted molar refractivity (Wildman–Crippen MR) is 479 cm³/mol. The molecule has 0 aromatic rings. The molecule has 0 spiro atoms. The number of hydrogen-bond donors (Lipinski definition) is 2. The Morgan fingerprint density at radius 2 is 0.105 bits per heavy atom. The summed E-state index contributed by atoms with van der Waals surface area (Å²) in [7, 11) is 0. The summed E-state index contributed by atoms with van der Waals surface area (Å²) >= 11 is 0. The van der Waals surface area contributed by atoms with Crippen LogP contribution in [0.4, 0.5) is 0 Å². The van der Waals surface area contributed by atoms with Crippen LogP contribution in [0.25, 0.3) is 0 Å². The van der Waals surface area contributed by atoms with Crippen molar-refractivity contribution in [3.05, 3.63) is 0 Å². The number of rotatable bonds is 132. The molecular formula is C88H178O45. The summed E-state index contributed by atoms with van der Waals surface area (Å²) in [4.78, 5) is 0. The highest BCUT2D eigenvalue weighted by Crippen LogP contribution is 1.97. The Bertz CT molecular complexity index is 1740. The highest BCUT2D eigenvalue weighted by molar-refractivity contribution is 4.48. The van der Waals surface area contributed by atoms with Crippen molar-refractivity contribution < 1.29 is 214 Å². The van der Waals surface area contributed by atoms with E-state index in [-0.39, 0.29) is 13.2 Å². The molecule has 133 heavy (non-hydrogen) atoms. The first-order chi connectivity index (χ1) is 67.4. The Labute approximate surface area is 795 Å². The van der Waals surface area contributed by atoms with E-state index in [0.717, 1.165) is 0 Å². The Kier molecular flexibility index (Phi) is 125. The van der Waals surface area contributed by atoms with Gasteiger partial charge in [0.2, 0.25) is 2.86 Å². The molecule has 45 heteroatoms. The Morgan fingerprint density at radius 1 is 0.0677 bits per heavy atom. The van der Waals surface area contributed by atoms with Gasteiger partial charge in [-0.3, -0.25) is 0 Å². The second kappa shape index (κ2) is 130. The van der Waals surface area contributed by atoms with E-state index in [0.29, 0.717) is 568 Å². The Balaban J connectivity index is 3.10. The maximum atomic E-state index is 6.56. The molecule has 0 aliphatic carbocycles. The molecule has 0 amide bonds. The van der Waals surface area contributed by atoms with Gasteiger partial charge in [0.1, 0.15) is 0 Å². The van der Waals surface area contributed by atoms with E-state index in [1.54, 1.807) is 0 Å². The molecule has 0 saturated heterocycles. The second-order valence-electron chi connectivity index (χ2n) is 26.7. The van der Waals surface area contributed by atoms with Crippen molar-refractivity contribution in [3.8, 4) is 0 Å². The molecular weight excluding hydrogens is 1780 g/mol. The lowest BCUT2D eigenvalue weighted by molar-refractivity contribution is -0.0329. The lowest BCUT2D eigenvalue weighted by Gasteiger charge is -2.09. The third-order valence-electron chi connectivity index (χ3n) is 16.1. The first-order valence-corrected chi connectivity index (χ1v) is 47.4. The SMILES string of the molecule is [3H]OCCOCCOCCOCCOCCOCCOCCOCCOCCOCCOCCOCCOCCOCCOCCOCCOCCOCCOCCOCCOCCOCCOCCOCCOCCOCCOCCOCCOCCOCCOCCOCCOCCOCCOCCOCCOCCOCCOCCOCCOCCOCCOCCOCCO[3H]. The second-order valence-corrected chi connectivity index (χ2v) is 26.7. The lowest BCUT2D eigenvalue weighted by atomic mass is 10.6. The van der Waals surface area contributed by atoms with Crippen molar-refractivity contribution in [2.75, 3.05) is 581 Å². The van der Waals surface area contributed by atoms with Crippen LogP contribution in [-0.2, 0) is 204 Å². The molecule has 0 unspecified atom stereocenters. The van der Waals surface area contributed by atoms with Gasteiger partial charge in [0.05, 0.1) is 581 Å². The van der Waals surface area contributed by atoms with Gasteiger partial charge in [-0.05, 0) is 0 Å². The van der Waals surface area contributed by atoms with Gasteiger partial charge in [-0.1, -0.05) is 0 Å². The largest absolute Gasteiger partial charge is 0.394 e. The smallest absolute Gasteiger partial charge is 0.210 e. The van der Waals surface area contributed by atoms with Crippen LogP contribution >= 0.6 is 0 Å². The maximum Gasteiger partial charge on any atom is 0.210 e. The van der Waals surface area contributed by atoms with E-state index in [4.69, 9.17) is 207 Å². The molecule has 0 saturated carbocycles. The van der Waals surface area contributed by atoms with E-state index >= 15 is 0 Å². The summed E-state index contributed by atoms with van der Waals surface area (Å²) < 4.78 is 250. The summed E-state index contributed by atoms with van der Waals surface area (Å²) in [5.74, 6) is 0. The summed E-state index contributed by atoms with van der Waals surface area (Å²) in [5.41, 5.74) is 0. The van der Waals surface area contributed by atoms with Crippen molar-refractivity contribution in [2.45, 2.75) is 0 Å². The molecule has 0 aromatic carbocycles. The van der Waals surface area contributed by atoms with Crippen LogP contribution in [0.5, 0.6) is 0 Å². The molecule has 0 rings (SSSR count). The summed E-state index contributed by atoms with van der Waals surface area (Å²) in [6.07, 6.45) is 0. The molecule has 0 heterocycles. The first-order valence-electron chi connectivity index (χ1n) is 48.2. The van der Waals surface area contributed by atoms with Gasteiger partial charge in [-0.2, -0.15) is 0 Å². The Hall–Kier alpha value is -1.80. The van der Waals surface area contributed by atoms with Gasteiger partial charge >= 0.3 is 0 Å². The summed E-state index contributed by atoms with van der Waals surface area (Å²) in [6, 6.07) is 0. The minimum atomic E-state index is 0.250. The zero-order valence-corrected chi connectivity index (χ0v) is 80.6. The summed E-state index contributed by atoms with van der Waals surface area (Å²) in [6.45, 7) is 41.3. The van der Waals surface area contributed by atoms with E-state index in [1.165, 1.54) is 0 Å². The normalized spacial score (nSPS) is 12.1. The van der Waals surface area contributed by atoms with Crippen molar-refractivity contribution in [1.82, 2.24) is 0 Å². The molecule has 0 aromatic heterocycles. The topological polar surface area (TPSA) is 437 Å². The van der Waals surface area contributed by atoms with Crippen LogP contribution < -0.4 is 0 Å². The van der Waals surface area contributed by atoms with Crippen molar-refractivity contribution in [1.29, 1.82) is 2.86 Å². The van der Waals surface area contributed by atoms with Gasteiger partial charge in [0.25, 0.3) is 0 Å². The van der Waals surface area contributed by atoms with E-state index in [9.17, 15) is 0 Å². The first kappa shape index (κ1) is 127. The molecule has 800 valence electrons. The average Bonchev–Trinajstić information content (AvgIpc) is 1.14. The lowest BCUT2D eigenvalue weighted by Crippen LogP contribution is -2.16. The molecule has 2 N–H and O–H groups in total. The quantitative estimate of drug-likeness (QED) is 0.0737. The average molecular weight is 1960 g/mol. The van der Waals surface area contributed by atoms with Gasteiger partial charge in [0, 0.05) is 0 Å². The molecule has 0 aliphatic heterocycles. The maximum absolute atomic E-state index is 6.56. The molecule has 0 bridgehead atoms. The molecule has 0 atom stereocenters. The summed E-state index contributed by atoms with van der Waals surface area (Å²) in [5, 5.41) is 8.32. The zero-order valence-electron chi connectivity index (χ0n) is 82.6. The van der Waals surface area contributed by atoms with Crippen molar-refractivity contribution in [3.63, 3.8) is 0 Å². The monoisotopic (exact) mass is 1960 g/mol. The minimum Gasteiger partial charge on any atom is -0.394 e. The molecule has 0 aliphatic rings. The Morgan fingerprint density at radius 3 is 0.143 bits per heavy atom. The fraction of sp³-hybridized carbons (Fsp3) is 1.00. The van der Waals surface area contributed by atoms with Gasteiger partial charge in [0.15, 0.2) is 0 Å². The highest BCUT2D eigenvalue weighted by Gasteiger charge is 2.06. The van der Waals surface area contributed by atoms with Crippen LogP contribution in [0.1, 0.15) is 0 Å². The molecule has 45 nitrogen and oxygen atoms in total.